The molecule has 0 aliphatic heterocycles. The van der Waals surface area contributed by atoms with E-state index < -0.39 is 12.0 Å². The lowest BCUT2D eigenvalue weighted by Gasteiger charge is -2.10. The smallest absolute Gasteiger partial charge is 0.258 e. The number of rotatable bonds is 3. The van der Waals surface area contributed by atoms with Gasteiger partial charge in [0.2, 0.25) is 0 Å². The Bertz CT molecular complexity index is 314. The van der Waals surface area contributed by atoms with Crippen molar-refractivity contribution >= 4 is 17.5 Å². The summed E-state index contributed by atoms with van der Waals surface area (Å²) in [5, 5.41) is 0.564. The lowest BCUT2D eigenvalue weighted by atomic mass is 10.3. The average molecular weight is 200 g/mol. The van der Waals surface area contributed by atoms with E-state index in [0.29, 0.717) is 10.8 Å². The highest BCUT2D eigenvalue weighted by molar-refractivity contribution is 6.30. The summed E-state index contributed by atoms with van der Waals surface area (Å²) in [6.45, 7) is 1.59. The van der Waals surface area contributed by atoms with Crippen molar-refractivity contribution in [1.29, 1.82) is 0 Å². The summed E-state index contributed by atoms with van der Waals surface area (Å²) in [6, 6.07) is 6.81. The molecular weight excluding hydrogens is 190 g/mol. The van der Waals surface area contributed by atoms with Crippen molar-refractivity contribution in [3.8, 4) is 5.75 Å². The maximum absolute atomic E-state index is 10.7. The molecule has 1 amide bonds. The van der Waals surface area contributed by atoms with Crippen LogP contribution >= 0.6 is 11.6 Å². The Morgan fingerprint density at radius 2 is 2.31 bits per heavy atom. The molecule has 0 saturated heterocycles. The zero-order valence-corrected chi connectivity index (χ0v) is 7.91. The molecule has 2 N–H and O–H groups in total. The highest BCUT2D eigenvalue weighted by Crippen LogP contribution is 2.18. The molecule has 0 fully saturated rings. The molecule has 0 bridgehead atoms. The van der Waals surface area contributed by atoms with Gasteiger partial charge < -0.3 is 10.5 Å². The standard InChI is InChI=1S/C9H10ClNO2/c1-6(9(11)12)13-8-4-2-3-7(10)5-8/h2-6H,1H3,(H2,11,12). The van der Waals surface area contributed by atoms with Crippen molar-refractivity contribution in [3.05, 3.63) is 29.3 Å². The summed E-state index contributed by atoms with van der Waals surface area (Å²) in [4.78, 5) is 10.7. The van der Waals surface area contributed by atoms with Gasteiger partial charge >= 0.3 is 0 Å². The summed E-state index contributed by atoms with van der Waals surface area (Å²) in [5.41, 5.74) is 5.02. The number of nitrogens with two attached hydrogens (primary N) is 1. The van der Waals surface area contributed by atoms with Crippen LogP contribution in [0.2, 0.25) is 5.02 Å². The number of hydrogen-bond acceptors (Lipinski definition) is 2. The molecule has 0 aliphatic rings. The van der Waals surface area contributed by atoms with E-state index in [2.05, 4.69) is 0 Å². The van der Waals surface area contributed by atoms with Crippen molar-refractivity contribution in [2.24, 2.45) is 5.73 Å². The largest absolute Gasteiger partial charge is 0.481 e. The van der Waals surface area contributed by atoms with Gasteiger partial charge in [0.05, 0.1) is 0 Å². The van der Waals surface area contributed by atoms with Gasteiger partial charge in [-0.25, -0.2) is 0 Å². The van der Waals surface area contributed by atoms with E-state index in [1.807, 2.05) is 0 Å². The van der Waals surface area contributed by atoms with Crippen molar-refractivity contribution in [2.75, 3.05) is 0 Å². The minimum absolute atomic E-state index is 0.500. The molecule has 0 heterocycles. The van der Waals surface area contributed by atoms with Crippen molar-refractivity contribution in [2.45, 2.75) is 13.0 Å². The Hall–Kier alpha value is -1.22. The molecule has 0 saturated carbocycles. The fourth-order valence-corrected chi connectivity index (χ4v) is 0.983. The Morgan fingerprint density at radius 3 is 2.85 bits per heavy atom. The van der Waals surface area contributed by atoms with Crippen LogP contribution < -0.4 is 10.5 Å². The van der Waals surface area contributed by atoms with E-state index in [1.165, 1.54) is 0 Å². The number of amides is 1. The third-order valence-corrected chi connectivity index (χ3v) is 1.74. The first-order chi connectivity index (χ1) is 6.09. The topological polar surface area (TPSA) is 52.3 Å². The molecule has 1 atom stereocenters. The van der Waals surface area contributed by atoms with Gasteiger partial charge in [-0.15, -0.1) is 0 Å². The van der Waals surface area contributed by atoms with Gasteiger partial charge in [-0.2, -0.15) is 0 Å². The van der Waals surface area contributed by atoms with E-state index in [0.717, 1.165) is 0 Å². The fraction of sp³-hybridized carbons (Fsp3) is 0.222. The van der Waals surface area contributed by atoms with Crippen LogP contribution in [0.3, 0.4) is 0 Å². The lowest BCUT2D eigenvalue weighted by molar-refractivity contribution is -0.123. The summed E-state index contributed by atoms with van der Waals surface area (Å²) in [5.74, 6) is 0.0405. The molecule has 0 aliphatic carbocycles. The van der Waals surface area contributed by atoms with Crippen LogP contribution in [-0.4, -0.2) is 12.0 Å². The average Bonchev–Trinajstić information content (AvgIpc) is 2.04. The van der Waals surface area contributed by atoms with Crippen LogP contribution in [0.1, 0.15) is 6.92 Å². The Labute approximate surface area is 81.4 Å². The van der Waals surface area contributed by atoms with Gasteiger partial charge in [0.25, 0.3) is 5.91 Å². The molecule has 0 aromatic heterocycles. The van der Waals surface area contributed by atoms with Crippen LogP contribution in [-0.2, 0) is 4.79 Å². The summed E-state index contributed by atoms with van der Waals surface area (Å²) in [6.07, 6.45) is -0.640. The van der Waals surface area contributed by atoms with Crippen LogP contribution in [0.25, 0.3) is 0 Å². The molecular formula is C9H10ClNO2. The van der Waals surface area contributed by atoms with Crippen molar-refractivity contribution < 1.29 is 9.53 Å². The van der Waals surface area contributed by atoms with Crippen LogP contribution in [0.5, 0.6) is 5.75 Å². The van der Waals surface area contributed by atoms with E-state index >= 15 is 0 Å². The van der Waals surface area contributed by atoms with Gasteiger partial charge in [-0.1, -0.05) is 17.7 Å². The second-order valence-corrected chi connectivity index (χ2v) is 3.06. The van der Waals surface area contributed by atoms with Crippen molar-refractivity contribution in [1.82, 2.24) is 0 Å². The first-order valence-electron chi connectivity index (χ1n) is 3.81. The van der Waals surface area contributed by atoms with Gasteiger partial charge in [0, 0.05) is 5.02 Å². The first kappa shape index (κ1) is 9.86. The molecule has 1 aromatic rings. The third-order valence-electron chi connectivity index (χ3n) is 1.51. The second-order valence-electron chi connectivity index (χ2n) is 2.62. The molecule has 1 aromatic carbocycles. The third kappa shape index (κ3) is 2.95. The number of ether oxygens (including phenoxy) is 1. The second kappa shape index (κ2) is 4.14. The molecule has 70 valence electrons. The first-order valence-corrected chi connectivity index (χ1v) is 4.19. The quantitative estimate of drug-likeness (QED) is 0.804. The molecule has 0 spiro atoms. The minimum Gasteiger partial charge on any atom is -0.481 e. The highest BCUT2D eigenvalue weighted by atomic mass is 35.5. The number of halogens is 1. The Morgan fingerprint density at radius 1 is 1.62 bits per heavy atom. The van der Waals surface area contributed by atoms with Crippen LogP contribution in [0, 0.1) is 0 Å². The normalized spacial score (nSPS) is 12.2. The summed E-state index contributed by atoms with van der Waals surface area (Å²) < 4.78 is 5.20. The van der Waals surface area contributed by atoms with Crippen molar-refractivity contribution in [3.63, 3.8) is 0 Å². The molecule has 1 unspecified atom stereocenters. The fourth-order valence-electron chi connectivity index (χ4n) is 0.803. The number of hydrogen-bond donors (Lipinski definition) is 1. The monoisotopic (exact) mass is 199 g/mol. The van der Waals surface area contributed by atoms with Gasteiger partial charge in [-0.05, 0) is 25.1 Å². The highest BCUT2D eigenvalue weighted by Gasteiger charge is 2.09. The number of benzene rings is 1. The maximum atomic E-state index is 10.7. The summed E-state index contributed by atoms with van der Waals surface area (Å²) >= 11 is 5.71. The minimum atomic E-state index is -0.640. The summed E-state index contributed by atoms with van der Waals surface area (Å²) in [7, 11) is 0. The molecule has 3 nitrogen and oxygen atoms in total. The van der Waals surface area contributed by atoms with Gasteiger partial charge in [0.1, 0.15) is 5.75 Å². The van der Waals surface area contributed by atoms with E-state index in [4.69, 9.17) is 22.1 Å². The molecule has 0 radical (unpaired) electrons. The van der Waals surface area contributed by atoms with Crippen LogP contribution in [0.15, 0.2) is 24.3 Å². The van der Waals surface area contributed by atoms with E-state index in [1.54, 1.807) is 31.2 Å². The van der Waals surface area contributed by atoms with E-state index in [-0.39, 0.29) is 0 Å². The van der Waals surface area contributed by atoms with Crippen LogP contribution in [0.4, 0.5) is 0 Å². The molecule has 4 heteroatoms. The number of carbonyl (C=O) groups excluding carboxylic acids is 1. The zero-order valence-electron chi connectivity index (χ0n) is 7.16. The maximum Gasteiger partial charge on any atom is 0.258 e. The van der Waals surface area contributed by atoms with Gasteiger partial charge in [0.15, 0.2) is 6.10 Å². The lowest BCUT2D eigenvalue weighted by Crippen LogP contribution is -2.30. The Balaban J connectivity index is 2.69. The predicted octanol–water partition coefficient (Wildman–Crippen LogP) is 1.59. The van der Waals surface area contributed by atoms with Gasteiger partial charge in [-0.3, -0.25) is 4.79 Å². The SMILES string of the molecule is CC(Oc1cccc(Cl)c1)C(N)=O. The number of primary amides is 1. The zero-order chi connectivity index (χ0) is 9.84. The molecule has 13 heavy (non-hydrogen) atoms. The Kier molecular flexibility index (Phi) is 3.14. The number of carbonyl (C=O) groups is 1. The predicted molar refractivity (Wildman–Crippen MR) is 50.7 cm³/mol. The molecule has 1 rings (SSSR count). The van der Waals surface area contributed by atoms with E-state index in [9.17, 15) is 4.79 Å².